The molecule has 3 aromatic rings. The van der Waals surface area contributed by atoms with E-state index < -0.39 is 0 Å². The molecule has 0 saturated carbocycles. The van der Waals surface area contributed by atoms with Gasteiger partial charge >= 0.3 is 0 Å². The van der Waals surface area contributed by atoms with Gasteiger partial charge in [-0.2, -0.15) is 0 Å². The highest BCUT2D eigenvalue weighted by molar-refractivity contribution is 7.17. The van der Waals surface area contributed by atoms with Crippen molar-refractivity contribution < 1.29 is 0 Å². The lowest BCUT2D eigenvalue weighted by atomic mass is 10.1. The van der Waals surface area contributed by atoms with Crippen LogP contribution in [-0.2, 0) is 6.42 Å². The summed E-state index contributed by atoms with van der Waals surface area (Å²) in [5.41, 5.74) is 2.31. The number of thiophene rings is 1. The quantitative estimate of drug-likeness (QED) is 0.751. The van der Waals surface area contributed by atoms with E-state index in [0.29, 0.717) is 6.04 Å². The molecule has 0 saturated heterocycles. The average Bonchev–Trinajstić information content (AvgIpc) is 3.08. The molecular weight excluding hydrogens is 256 g/mol. The summed E-state index contributed by atoms with van der Waals surface area (Å²) >= 11 is 1.74. The zero-order valence-electron chi connectivity index (χ0n) is 10.8. The van der Waals surface area contributed by atoms with Crippen molar-refractivity contribution in [1.82, 2.24) is 20.3 Å². The van der Waals surface area contributed by atoms with Crippen LogP contribution in [0.15, 0.2) is 36.1 Å². The predicted octanol–water partition coefficient (Wildman–Crippen LogP) is 2.91. The van der Waals surface area contributed by atoms with Gasteiger partial charge in [0.2, 0.25) is 0 Å². The second-order valence-corrected chi connectivity index (χ2v) is 5.48. The topological polar surface area (TPSA) is 53.6 Å². The monoisotopic (exact) mass is 272 g/mol. The Morgan fingerprint density at radius 1 is 1.42 bits per heavy atom. The summed E-state index contributed by atoms with van der Waals surface area (Å²) in [5, 5.41) is 5.58. The summed E-state index contributed by atoms with van der Waals surface area (Å²) in [6, 6.07) is 4.57. The van der Waals surface area contributed by atoms with Gasteiger partial charge in [0.15, 0.2) is 0 Å². The Bertz CT molecular complexity index is 644. The molecule has 0 aliphatic carbocycles. The first kappa shape index (κ1) is 12.3. The highest BCUT2D eigenvalue weighted by Crippen LogP contribution is 2.22. The fraction of sp³-hybridized carbons (Fsp3) is 0.286. The Morgan fingerprint density at radius 3 is 3.21 bits per heavy atom. The molecule has 1 unspecified atom stereocenters. The number of pyridine rings is 1. The number of aromatic amines is 1. The maximum absolute atomic E-state index is 4.47. The number of rotatable bonds is 5. The third-order valence-corrected chi connectivity index (χ3v) is 4.04. The minimum absolute atomic E-state index is 0.300. The van der Waals surface area contributed by atoms with Crippen molar-refractivity contribution in [2.24, 2.45) is 0 Å². The van der Waals surface area contributed by atoms with Gasteiger partial charge in [-0.3, -0.25) is 4.98 Å². The molecule has 3 heterocycles. The Labute approximate surface area is 115 Å². The van der Waals surface area contributed by atoms with E-state index in [2.05, 4.69) is 44.7 Å². The van der Waals surface area contributed by atoms with Crippen LogP contribution < -0.4 is 5.32 Å². The molecule has 0 aliphatic heterocycles. The van der Waals surface area contributed by atoms with Crippen LogP contribution in [0.25, 0.3) is 10.2 Å². The number of hydrogen-bond donors (Lipinski definition) is 2. The molecule has 5 heteroatoms. The third-order valence-electron chi connectivity index (χ3n) is 3.19. The summed E-state index contributed by atoms with van der Waals surface area (Å²) in [4.78, 5) is 11.8. The average molecular weight is 272 g/mol. The molecule has 19 heavy (non-hydrogen) atoms. The number of imidazole rings is 1. The van der Waals surface area contributed by atoms with E-state index in [1.165, 1.54) is 10.3 Å². The number of nitrogens with zero attached hydrogens (tertiary/aromatic N) is 2. The molecule has 3 rings (SSSR count). The number of hydrogen-bond acceptors (Lipinski definition) is 4. The first-order chi connectivity index (χ1) is 9.33. The standard InChI is InChI=1S/C14H16N4S/c1-10(15-4-2-14-16-5-6-17-14)11-8-13-12(18-9-11)3-7-19-13/h3,5-10,15H,2,4H2,1H3,(H,16,17). The summed E-state index contributed by atoms with van der Waals surface area (Å²) in [6.07, 6.45) is 6.51. The maximum atomic E-state index is 4.47. The van der Waals surface area contributed by atoms with Gasteiger partial charge in [-0.15, -0.1) is 11.3 Å². The molecule has 98 valence electrons. The third kappa shape index (κ3) is 2.83. The van der Waals surface area contributed by atoms with Crippen molar-refractivity contribution in [3.05, 3.63) is 47.5 Å². The second-order valence-electron chi connectivity index (χ2n) is 4.53. The lowest BCUT2D eigenvalue weighted by molar-refractivity contribution is 0.570. The smallest absolute Gasteiger partial charge is 0.107 e. The minimum Gasteiger partial charge on any atom is -0.349 e. The highest BCUT2D eigenvalue weighted by Gasteiger charge is 2.07. The zero-order chi connectivity index (χ0) is 13.1. The van der Waals surface area contributed by atoms with E-state index in [1.807, 2.05) is 12.4 Å². The summed E-state index contributed by atoms with van der Waals surface area (Å²) in [5.74, 6) is 1.02. The number of H-pyrrole nitrogens is 1. The van der Waals surface area contributed by atoms with Crippen LogP contribution >= 0.6 is 11.3 Å². The van der Waals surface area contributed by atoms with Crippen molar-refractivity contribution in [2.75, 3.05) is 6.54 Å². The van der Waals surface area contributed by atoms with Gasteiger partial charge in [-0.25, -0.2) is 4.98 Å². The highest BCUT2D eigenvalue weighted by atomic mass is 32.1. The maximum Gasteiger partial charge on any atom is 0.107 e. The van der Waals surface area contributed by atoms with Gasteiger partial charge in [-0.1, -0.05) is 0 Å². The van der Waals surface area contributed by atoms with E-state index in [4.69, 9.17) is 0 Å². The van der Waals surface area contributed by atoms with Gasteiger partial charge in [0, 0.05) is 37.6 Å². The molecule has 3 aromatic heterocycles. The van der Waals surface area contributed by atoms with Crippen molar-refractivity contribution in [1.29, 1.82) is 0 Å². The first-order valence-corrected chi connectivity index (χ1v) is 7.25. The molecule has 0 spiro atoms. The molecule has 0 aromatic carbocycles. The van der Waals surface area contributed by atoms with E-state index >= 15 is 0 Å². The predicted molar refractivity (Wildman–Crippen MR) is 78.3 cm³/mol. The summed E-state index contributed by atoms with van der Waals surface area (Å²) < 4.78 is 1.25. The van der Waals surface area contributed by atoms with Crippen LogP contribution in [0.2, 0.25) is 0 Å². The molecule has 2 N–H and O–H groups in total. The van der Waals surface area contributed by atoms with E-state index in [1.54, 1.807) is 17.5 Å². The molecular formula is C14H16N4S. The van der Waals surface area contributed by atoms with Gasteiger partial charge in [0.1, 0.15) is 5.82 Å². The molecule has 0 bridgehead atoms. The zero-order valence-corrected chi connectivity index (χ0v) is 11.6. The molecule has 0 aliphatic rings. The van der Waals surface area contributed by atoms with Crippen molar-refractivity contribution in [3.63, 3.8) is 0 Å². The number of aromatic nitrogens is 3. The second kappa shape index (κ2) is 5.50. The van der Waals surface area contributed by atoms with Crippen molar-refractivity contribution in [2.45, 2.75) is 19.4 Å². The van der Waals surface area contributed by atoms with Crippen molar-refractivity contribution >= 4 is 21.6 Å². The van der Waals surface area contributed by atoms with Crippen LogP contribution in [-0.4, -0.2) is 21.5 Å². The van der Waals surface area contributed by atoms with Gasteiger partial charge in [0.05, 0.1) is 10.2 Å². The largest absolute Gasteiger partial charge is 0.349 e. The minimum atomic E-state index is 0.300. The molecule has 4 nitrogen and oxygen atoms in total. The SMILES string of the molecule is CC(NCCc1ncc[nH]1)c1cnc2ccsc2c1. The number of fused-ring (bicyclic) bond motifs is 1. The van der Waals surface area contributed by atoms with Crippen LogP contribution in [0.1, 0.15) is 24.4 Å². The lowest BCUT2D eigenvalue weighted by Gasteiger charge is -2.13. The van der Waals surface area contributed by atoms with Crippen LogP contribution in [0.5, 0.6) is 0 Å². The molecule has 1 atom stereocenters. The molecule has 0 radical (unpaired) electrons. The van der Waals surface area contributed by atoms with E-state index in [0.717, 1.165) is 24.3 Å². The Kier molecular flexibility index (Phi) is 3.57. The fourth-order valence-electron chi connectivity index (χ4n) is 2.06. The van der Waals surface area contributed by atoms with Crippen LogP contribution in [0.4, 0.5) is 0 Å². The van der Waals surface area contributed by atoms with Gasteiger partial charge < -0.3 is 10.3 Å². The Morgan fingerprint density at radius 2 is 2.37 bits per heavy atom. The van der Waals surface area contributed by atoms with E-state index in [9.17, 15) is 0 Å². The van der Waals surface area contributed by atoms with Crippen LogP contribution in [0.3, 0.4) is 0 Å². The van der Waals surface area contributed by atoms with Gasteiger partial charge in [0.25, 0.3) is 0 Å². The lowest BCUT2D eigenvalue weighted by Crippen LogP contribution is -2.21. The van der Waals surface area contributed by atoms with E-state index in [-0.39, 0.29) is 0 Å². The molecule has 0 amide bonds. The fourth-order valence-corrected chi connectivity index (χ4v) is 2.85. The normalized spacial score (nSPS) is 12.9. The van der Waals surface area contributed by atoms with Crippen molar-refractivity contribution in [3.8, 4) is 0 Å². The number of nitrogens with one attached hydrogen (secondary N) is 2. The van der Waals surface area contributed by atoms with Crippen LogP contribution in [0, 0.1) is 0 Å². The molecule has 0 fully saturated rings. The summed E-state index contributed by atoms with van der Waals surface area (Å²) in [7, 11) is 0. The Balaban J connectivity index is 1.61. The Hall–Kier alpha value is -1.72. The summed E-state index contributed by atoms with van der Waals surface area (Å²) in [6.45, 7) is 3.07. The first-order valence-electron chi connectivity index (χ1n) is 6.38. The van der Waals surface area contributed by atoms with Gasteiger partial charge in [-0.05, 0) is 30.0 Å².